The van der Waals surface area contributed by atoms with Crippen LogP contribution in [0, 0.1) is 0 Å². The van der Waals surface area contributed by atoms with Gasteiger partial charge in [-0.3, -0.25) is 4.79 Å². The molecule has 0 amide bonds. The first-order valence-electron chi connectivity index (χ1n) is 3.85. The highest BCUT2D eigenvalue weighted by Gasteiger charge is 2.15. The topological polar surface area (TPSA) is 66.8 Å². The quantitative estimate of drug-likeness (QED) is 0.659. The summed E-state index contributed by atoms with van der Waals surface area (Å²) in [4.78, 5) is 10.1. The molecule has 1 atom stereocenters. The van der Waals surface area contributed by atoms with E-state index in [1.807, 2.05) is 20.8 Å². The van der Waals surface area contributed by atoms with Gasteiger partial charge >= 0.3 is 5.97 Å². The fraction of sp³-hybridized carbons (Fsp3) is 0.875. The van der Waals surface area contributed by atoms with Crippen LogP contribution in [0.2, 0.25) is 0 Å². The van der Waals surface area contributed by atoms with E-state index in [4.69, 9.17) is 14.9 Å². The van der Waals surface area contributed by atoms with Gasteiger partial charge in [0.05, 0.1) is 24.7 Å². The van der Waals surface area contributed by atoms with Crippen molar-refractivity contribution in [2.24, 2.45) is 0 Å². The molecule has 2 N–H and O–H groups in total. The highest BCUT2D eigenvalue weighted by atomic mass is 16.5. The second-order valence-corrected chi connectivity index (χ2v) is 3.68. The van der Waals surface area contributed by atoms with E-state index in [1.54, 1.807) is 0 Å². The van der Waals surface area contributed by atoms with E-state index < -0.39 is 12.1 Å². The minimum atomic E-state index is -1.01. The third-order valence-corrected chi connectivity index (χ3v) is 1.12. The Hall–Kier alpha value is -0.610. The van der Waals surface area contributed by atoms with Crippen LogP contribution in [0.4, 0.5) is 0 Å². The van der Waals surface area contributed by atoms with E-state index in [1.165, 1.54) is 0 Å². The van der Waals surface area contributed by atoms with Gasteiger partial charge in [0.1, 0.15) is 0 Å². The summed E-state index contributed by atoms with van der Waals surface area (Å²) in [7, 11) is 0. The number of hydrogen-bond acceptors (Lipinski definition) is 3. The SMILES string of the molecule is CC(C)(C)OC[C@@H](O)CC(=O)O. The van der Waals surface area contributed by atoms with Gasteiger partial charge in [-0.1, -0.05) is 0 Å². The molecule has 72 valence electrons. The molecule has 0 rings (SSSR count). The number of hydrogen-bond donors (Lipinski definition) is 2. The van der Waals surface area contributed by atoms with Gasteiger partial charge in [0.2, 0.25) is 0 Å². The van der Waals surface area contributed by atoms with Crippen molar-refractivity contribution in [1.29, 1.82) is 0 Å². The largest absolute Gasteiger partial charge is 0.481 e. The van der Waals surface area contributed by atoms with Gasteiger partial charge < -0.3 is 14.9 Å². The van der Waals surface area contributed by atoms with E-state index in [2.05, 4.69) is 0 Å². The van der Waals surface area contributed by atoms with Crippen LogP contribution in [0.3, 0.4) is 0 Å². The predicted molar refractivity (Wildman–Crippen MR) is 44.0 cm³/mol. The lowest BCUT2D eigenvalue weighted by atomic mass is 10.2. The first kappa shape index (κ1) is 11.4. The normalized spacial score (nSPS) is 14.3. The highest BCUT2D eigenvalue weighted by molar-refractivity contribution is 5.67. The number of carboxylic acid groups (broad SMARTS) is 1. The van der Waals surface area contributed by atoms with Crippen LogP contribution in [0.5, 0.6) is 0 Å². The van der Waals surface area contributed by atoms with E-state index >= 15 is 0 Å². The molecule has 0 bridgehead atoms. The summed E-state index contributed by atoms with van der Waals surface area (Å²) >= 11 is 0. The molecule has 0 saturated carbocycles. The number of ether oxygens (including phenoxy) is 1. The number of carboxylic acids is 1. The second-order valence-electron chi connectivity index (χ2n) is 3.68. The minimum Gasteiger partial charge on any atom is -0.481 e. The number of aliphatic hydroxyl groups is 1. The summed E-state index contributed by atoms with van der Waals surface area (Å²) in [5, 5.41) is 17.4. The monoisotopic (exact) mass is 176 g/mol. The lowest BCUT2D eigenvalue weighted by molar-refractivity contribution is -0.141. The number of aliphatic carboxylic acids is 1. The zero-order valence-corrected chi connectivity index (χ0v) is 7.70. The van der Waals surface area contributed by atoms with Crippen molar-refractivity contribution in [1.82, 2.24) is 0 Å². The van der Waals surface area contributed by atoms with Crippen LogP contribution in [0.25, 0.3) is 0 Å². The van der Waals surface area contributed by atoms with Gasteiger partial charge in [-0.15, -0.1) is 0 Å². The molecule has 4 nitrogen and oxygen atoms in total. The smallest absolute Gasteiger partial charge is 0.306 e. The Morgan fingerprint density at radius 2 is 2.00 bits per heavy atom. The van der Waals surface area contributed by atoms with Gasteiger partial charge in [0.15, 0.2) is 0 Å². The third kappa shape index (κ3) is 7.50. The molecule has 4 heteroatoms. The summed E-state index contributed by atoms with van der Waals surface area (Å²) in [6.07, 6.45) is -1.18. The van der Waals surface area contributed by atoms with Gasteiger partial charge in [0.25, 0.3) is 0 Å². The zero-order chi connectivity index (χ0) is 9.78. The van der Waals surface area contributed by atoms with Crippen LogP contribution in [0.15, 0.2) is 0 Å². The molecule has 0 aromatic carbocycles. The van der Waals surface area contributed by atoms with Crippen LogP contribution < -0.4 is 0 Å². The van der Waals surface area contributed by atoms with Crippen molar-refractivity contribution in [2.45, 2.75) is 38.9 Å². The van der Waals surface area contributed by atoms with Crippen molar-refractivity contribution < 1.29 is 19.7 Å². The summed E-state index contributed by atoms with van der Waals surface area (Å²) < 4.78 is 5.18. The minimum absolute atomic E-state index is 0.0653. The number of carbonyl (C=O) groups is 1. The molecule has 12 heavy (non-hydrogen) atoms. The average Bonchev–Trinajstić information content (AvgIpc) is 1.80. The summed E-state index contributed by atoms with van der Waals surface area (Å²) in [6, 6.07) is 0. The van der Waals surface area contributed by atoms with Gasteiger partial charge in [-0.25, -0.2) is 0 Å². The Morgan fingerprint density at radius 1 is 1.50 bits per heavy atom. The Bertz CT molecular complexity index is 148. The first-order chi connectivity index (χ1) is 5.31. The molecule has 0 aliphatic heterocycles. The Morgan fingerprint density at radius 3 is 2.33 bits per heavy atom. The molecule has 0 aromatic heterocycles. The lowest BCUT2D eigenvalue weighted by Crippen LogP contribution is -2.27. The summed E-state index contributed by atoms with van der Waals surface area (Å²) in [5.41, 5.74) is -0.334. The summed E-state index contributed by atoms with van der Waals surface area (Å²) in [5.74, 6) is -1.01. The Kier molecular flexibility index (Phi) is 4.20. The van der Waals surface area contributed by atoms with Gasteiger partial charge in [-0.2, -0.15) is 0 Å². The van der Waals surface area contributed by atoms with E-state index in [9.17, 15) is 4.79 Å². The molecule has 0 aliphatic rings. The van der Waals surface area contributed by atoms with Crippen LogP contribution in [-0.4, -0.2) is 34.5 Å². The van der Waals surface area contributed by atoms with Crippen molar-refractivity contribution in [2.75, 3.05) is 6.61 Å². The standard InChI is InChI=1S/C8H16O4/c1-8(2,3)12-5-6(9)4-7(10)11/h6,9H,4-5H2,1-3H3,(H,10,11)/t6-/m0/s1. The van der Waals surface area contributed by atoms with Gasteiger partial charge in [0, 0.05) is 0 Å². The first-order valence-corrected chi connectivity index (χ1v) is 3.85. The molecule has 0 unspecified atom stereocenters. The highest BCUT2D eigenvalue weighted by Crippen LogP contribution is 2.07. The molecule has 0 saturated heterocycles. The lowest BCUT2D eigenvalue weighted by Gasteiger charge is -2.21. The van der Waals surface area contributed by atoms with E-state index in [0.29, 0.717) is 0 Å². The molecule has 0 spiro atoms. The predicted octanol–water partition coefficient (Wildman–Crippen LogP) is 0.637. The van der Waals surface area contributed by atoms with Crippen LogP contribution >= 0.6 is 0 Å². The zero-order valence-electron chi connectivity index (χ0n) is 7.70. The number of aliphatic hydroxyl groups excluding tert-OH is 1. The maximum Gasteiger partial charge on any atom is 0.306 e. The molecular weight excluding hydrogens is 160 g/mol. The van der Waals surface area contributed by atoms with Crippen LogP contribution in [0.1, 0.15) is 27.2 Å². The molecule has 0 aliphatic carbocycles. The fourth-order valence-corrected chi connectivity index (χ4v) is 0.607. The molecule has 0 heterocycles. The fourth-order valence-electron chi connectivity index (χ4n) is 0.607. The maximum atomic E-state index is 10.1. The van der Waals surface area contributed by atoms with Crippen molar-refractivity contribution in [3.63, 3.8) is 0 Å². The molecule has 0 radical (unpaired) electrons. The molecule has 0 fully saturated rings. The third-order valence-electron chi connectivity index (χ3n) is 1.12. The Labute approximate surface area is 72.2 Å². The van der Waals surface area contributed by atoms with Gasteiger partial charge in [-0.05, 0) is 20.8 Å². The molecular formula is C8H16O4. The van der Waals surface area contributed by atoms with Crippen molar-refractivity contribution in [3.05, 3.63) is 0 Å². The second kappa shape index (κ2) is 4.42. The summed E-state index contributed by atoms with van der Waals surface area (Å²) in [6.45, 7) is 5.61. The van der Waals surface area contributed by atoms with E-state index in [0.717, 1.165) is 0 Å². The van der Waals surface area contributed by atoms with Crippen molar-refractivity contribution in [3.8, 4) is 0 Å². The van der Waals surface area contributed by atoms with Crippen LogP contribution in [-0.2, 0) is 9.53 Å². The van der Waals surface area contributed by atoms with Crippen molar-refractivity contribution >= 4 is 5.97 Å². The Balaban J connectivity index is 3.57. The molecule has 0 aromatic rings. The maximum absolute atomic E-state index is 10.1. The average molecular weight is 176 g/mol. The van der Waals surface area contributed by atoms with E-state index in [-0.39, 0.29) is 18.6 Å². The number of rotatable bonds is 4.